The number of rotatable bonds is 5. The predicted octanol–water partition coefficient (Wildman–Crippen LogP) is 7.27. The lowest BCUT2D eigenvalue weighted by molar-refractivity contribution is -0.108. The van der Waals surface area contributed by atoms with Gasteiger partial charge in [-0.25, -0.2) is 0 Å². The van der Waals surface area contributed by atoms with E-state index in [1.54, 1.807) is 13.3 Å². The molecule has 0 radical (unpaired) electrons. The number of methoxy groups -OCH3 is 1. The Labute approximate surface area is 200 Å². The number of nitrogens with one attached hydrogen (secondary N) is 1. The van der Waals surface area contributed by atoms with Gasteiger partial charge < -0.3 is 19.5 Å². The Hall–Kier alpha value is -1.33. The summed E-state index contributed by atoms with van der Waals surface area (Å²) in [5.41, 5.74) is 1.63. The minimum Gasteiger partial charge on any atom is -0.496 e. The van der Waals surface area contributed by atoms with Crippen molar-refractivity contribution >= 4 is 6.41 Å². The molecule has 0 spiro atoms. The first-order valence-electron chi connectivity index (χ1n) is 12.5. The van der Waals surface area contributed by atoms with Crippen LogP contribution in [-0.4, -0.2) is 38.9 Å². The zero-order valence-corrected chi connectivity index (χ0v) is 23.2. The van der Waals surface area contributed by atoms with E-state index in [4.69, 9.17) is 14.2 Å². The van der Waals surface area contributed by atoms with Crippen molar-refractivity contribution in [1.29, 1.82) is 0 Å². The molecule has 5 heteroatoms. The molecule has 0 aromatic heterocycles. The molecule has 3 atom stereocenters. The Bertz CT molecular complexity index is 460. The molecule has 2 aliphatic heterocycles. The van der Waals surface area contributed by atoms with Crippen molar-refractivity contribution in [3.8, 4) is 0 Å². The molecule has 2 heterocycles. The highest BCUT2D eigenvalue weighted by atomic mass is 16.5. The van der Waals surface area contributed by atoms with Gasteiger partial charge in [0.25, 0.3) is 0 Å². The number of hydrogen-bond donors (Lipinski definition) is 1. The van der Waals surface area contributed by atoms with E-state index < -0.39 is 0 Å². The second-order valence-corrected chi connectivity index (χ2v) is 8.36. The van der Waals surface area contributed by atoms with Gasteiger partial charge >= 0.3 is 0 Å². The molecule has 0 saturated carbocycles. The Balaban J connectivity index is -0.000000388. The number of ether oxygens (including phenoxy) is 3. The zero-order chi connectivity index (χ0) is 25.6. The average Bonchev–Trinajstić information content (AvgIpc) is 2.80. The minimum atomic E-state index is 0.276. The van der Waals surface area contributed by atoms with Gasteiger partial charge in [0.2, 0.25) is 6.41 Å². The fourth-order valence-electron chi connectivity index (χ4n) is 2.86. The number of allylic oxidation sites excluding steroid dienone is 1. The maximum atomic E-state index is 9.96. The number of carbonyl (C=O) groups excluding carboxylic acids is 1. The van der Waals surface area contributed by atoms with Crippen LogP contribution in [0.5, 0.6) is 0 Å². The fraction of sp³-hybridized carbons (Fsp3) is 0.815. The predicted molar refractivity (Wildman–Crippen MR) is 139 cm³/mol. The first-order valence-corrected chi connectivity index (χ1v) is 12.5. The Morgan fingerprint density at radius 2 is 1.78 bits per heavy atom. The van der Waals surface area contributed by atoms with E-state index in [0.717, 1.165) is 51.1 Å². The molecular weight excluding hydrogens is 402 g/mol. The van der Waals surface area contributed by atoms with Crippen LogP contribution in [0.1, 0.15) is 101 Å². The van der Waals surface area contributed by atoms with Crippen molar-refractivity contribution in [2.24, 2.45) is 11.3 Å². The maximum absolute atomic E-state index is 9.96. The van der Waals surface area contributed by atoms with Crippen LogP contribution in [0.15, 0.2) is 24.1 Å². The number of hydrogen-bond acceptors (Lipinski definition) is 4. The Morgan fingerprint density at radius 1 is 1.19 bits per heavy atom. The molecule has 2 saturated heterocycles. The second kappa shape index (κ2) is 22.8. The summed E-state index contributed by atoms with van der Waals surface area (Å²) >= 11 is 0. The molecule has 0 bridgehead atoms. The van der Waals surface area contributed by atoms with Crippen LogP contribution in [0.2, 0.25) is 0 Å². The summed E-state index contributed by atoms with van der Waals surface area (Å²) in [6.45, 7) is 26.6. The number of amides is 1. The van der Waals surface area contributed by atoms with Crippen LogP contribution < -0.4 is 5.32 Å². The van der Waals surface area contributed by atoms with Gasteiger partial charge in [-0.3, -0.25) is 4.79 Å². The third kappa shape index (κ3) is 18.3. The molecule has 1 N–H and O–H groups in total. The van der Waals surface area contributed by atoms with Gasteiger partial charge in [0.15, 0.2) is 0 Å². The zero-order valence-electron chi connectivity index (χ0n) is 23.2. The average molecular weight is 458 g/mol. The molecule has 2 rings (SSSR count). The minimum absolute atomic E-state index is 0.276. The molecular formula is C27H55NO4. The van der Waals surface area contributed by atoms with E-state index in [9.17, 15) is 4.79 Å². The summed E-state index contributed by atoms with van der Waals surface area (Å²) in [5.74, 6) is 1.42. The van der Waals surface area contributed by atoms with Gasteiger partial charge in [-0.2, -0.15) is 0 Å². The standard InChI is InChI=1S/C10H18O.C9H15NO2.C4H10O.2C2H6/c1-5-10-6-7(2)8(3)9(4)11-10;1-9(2)4-3-8(12-6-9)5-10-7-11;1-3-4-5-2;2*1-2/h8-10H,2,5-6H2,1,3-4H3;5,7H,3-4,6H2,1-2H3,(H,10,11);3-4H2,1-2H3;2*1-2H3/b;8-5-;;;. The lowest BCUT2D eigenvalue weighted by Gasteiger charge is -2.34. The summed E-state index contributed by atoms with van der Waals surface area (Å²) in [5, 5.41) is 2.48. The quantitative estimate of drug-likeness (QED) is 0.348. The van der Waals surface area contributed by atoms with E-state index in [0.29, 0.717) is 24.5 Å². The molecule has 0 aliphatic carbocycles. The van der Waals surface area contributed by atoms with Crippen molar-refractivity contribution in [2.45, 2.75) is 114 Å². The molecule has 5 nitrogen and oxygen atoms in total. The topological polar surface area (TPSA) is 56.8 Å². The van der Waals surface area contributed by atoms with Crippen LogP contribution in [-0.2, 0) is 19.0 Å². The van der Waals surface area contributed by atoms with E-state index in [1.165, 1.54) is 5.57 Å². The lowest BCUT2D eigenvalue weighted by atomic mass is 9.87. The van der Waals surface area contributed by atoms with Crippen molar-refractivity contribution in [3.05, 3.63) is 24.1 Å². The first-order chi connectivity index (χ1) is 15.2. The van der Waals surface area contributed by atoms with Gasteiger partial charge in [0.1, 0.15) is 5.76 Å². The van der Waals surface area contributed by atoms with Crippen molar-refractivity contribution in [3.63, 3.8) is 0 Å². The van der Waals surface area contributed by atoms with Crippen LogP contribution in [0.25, 0.3) is 0 Å². The van der Waals surface area contributed by atoms with Crippen molar-refractivity contribution < 1.29 is 19.0 Å². The summed E-state index contributed by atoms with van der Waals surface area (Å²) < 4.78 is 15.9. The van der Waals surface area contributed by atoms with E-state index in [2.05, 4.69) is 53.4 Å². The maximum Gasteiger partial charge on any atom is 0.211 e. The summed E-state index contributed by atoms with van der Waals surface area (Å²) in [7, 11) is 1.71. The molecule has 2 fully saturated rings. The third-order valence-electron chi connectivity index (χ3n) is 5.12. The lowest BCUT2D eigenvalue weighted by Crippen LogP contribution is -2.32. The van der Waals surface area contributed by atoms with Crippen molar-refractivity contribution in [1.82, 2.24) is 5.32 Å². The third-order valence-corrected chi connectivity index (χ3v) is 5.12. The molecule has 192 valence electrons. The van der Waals surface area contributed by atoms with Gasteiger partial charge in [0, 0.05) is 32.3 Å². The highest BCUT2D eigenvalue weighted by Crippen LogP contribution is 2.31. The van der Waals surface area contributed by atoms with E-state index in [-0.39, 0.29) is 5.41 Å². The molecule has 1 amide bonds. The smallest absolute Gasteiger partial charge is 0.211 e. The summed E-state index contributed by atoms with van der Waals surface area (Å²) in [6.07, 6.45) is 8.37. The Kier molecular flexibility index (Phi) is 25.2. The number of carbonyl (C=O) groups is 1. The fourth-order valence-corrected chi connectivity index (χ4v) is 2.86. The molecule has 32 heavy (non-hydrogen) atoms. The summed E-state index contributed by atoms with van der Waals surface area (Å²) in [4.78, 5) is 9.96. The van der Waals surface area contributed by atoms with Crippen LogP contribution in [0.3, 0.4) is 0 Å². The van der Waals surface area contributed by atoms with Crippen molar-refractivity contribution in [2.75, 3.05) is 20.3 Å². The van der Waals surface area contributed by atoms with Gasteiger partial charge in [-0.05, 0) is 38.0 Å². The highest BCUT2D eigenvalue weighted by molar-refractivity contribution is 5.47. The van der Waals surface area contributed by atoms with Gasteiger partial charge in [-0.1, -0.05) is 74.5 Å². The highest BCUT2D eigenvalue weighted by Gasteiger charge is 2.26. The largest absolute Gasteiger partial charge is 0.496 e. The SMILES string of the molecule is C=C1CC(CC)OC(C)C1C.CC.CC.CC1(C)CC/C(=C/NC=O)OC1.CCCOC. The first kappa shape index (κ1) is 35.3. The molecule has 3 unspecified atom stereocenters. The van der Waals surface area contributed by atoms with Crippen LogP contribution in [0, 0.1) is 11.3 Å². The van der Waals surface area contributed by atoms with Gasteiger partial charge in [0.05, 0.1) is 18.8 Å². The molecule has 0 aromatic carbocycles. The summed E-state index contributed by atoms with van der Waals surface area (Å²) in [6, 6.07) is 0. The van der Waals surface area contributed by atoms with E-state index in [1.807, 2.05) is 27.7 Å². The monoisotopic (exact) mass is 457 g/mol. The normalized spacial score (nSPS) is 24.4. The molecule has 0 aromatic rings. The molecule has 2 aliphatic rings. The van der Waals surface area contributed by atoms with Gasteiger partial charge in [-0.15, -0.1) is 0 Å². The van der Waals surface area contributed by atoms with Crippen LogP contribution >= 0.6 is 0 Å². The Morgan fingerprint density at radius 3 is 2.12 bits per heavy atom. The second-order valence-electron chi connectivity index (χ2n) is 8.36. The van der Waals surface area contributed by atoms with E-state index >= 15 is 0 Å². The van der Waals surface area contributed by atoms with Crippen LogP contribution in [0.4, 0.5) is 0 Å².